The summed E-state index contributed by atoms with van der Waals surface area (Å²) >= 11 is 0. The quantitative estimate of drug-likeness (QED) is 0.460. The van der Waals surface area contributed by atoms with Crippen LogP contribution in [0, 0.1) is 5.92 Å². The van der Waals surface area contributed by atoms with Crippen molar-refractivity contribution < 1.29 is 14.7 Å². The molecule has 1 aromatic rings. The average molecular weight is 216 g/mol. The standard InChI is InChI=1S/C12H12N2O2/c13-14-7-12(16)10-2-1-9-6-11(15)4-3-8(9)5-10/h3-4,6-7,10,15H,1-2,5H2. The molecule has 16 heavy (non-hydrogen) atoms. The van der Waals surface area contributed by atoms with E-state index in [-0.39, 0.29) is 17.5 Å². The molecule has 1 atom stereocenters. The smallest absolute Gasteiger partial charge is 0.323 e. The van der Waals surface area contributed by atoms with Crippen LogP contribution in [-0.4, -0.2) is 21.9 Å². The van der Waals surface area contributed by atoms with Crippen LogP contribution in [0.1, 0.15) is 17.5 Å². The van der Waals surface area contributed by atoms with Gasteiger partial charge in [0.2, 0.25) is 5.78 Å². The number of rotatable bonds is 2. The van der Waals surface area contributed by atoms with E-state index in [0.29, 0.717) is 6.42 Å². The molecule has 4 nitrogen and oxygen atoms in total. The van der Waals surface area contributed by atoms with E-state index in [1.165, 1.54) is 0 Å². The zero-order chi connectivity index (χ0) is 11.5. The summed E-state index contributed by atoms with van der Waals surface area (Å²) in [5, 5.41) is 9.33. The van der Waals surface area contributed by atoms with Crippen LogP contribution < -0.4 is 0 Å². The Morgan fingerprint density at radius 3 is 3.06 bits per heavy atom. The second kappa shape index (κ2) is 4.29. The molecule has 0 bridgehead atoms. The lowest BCUT2D eigenvalue weighted by Crippen LogP contribution is -2.23. The first-order valence-corrected chi connectivity index (χ1v) is 5.22. The van der Waals surface area contributed by atoms with Crippen LogP contribution >= 0.6 is 0 Å². The van der Waals surface area contributed by atoms with Crippen LogP contribution in [0.3, 0.4) is 0 Å². The molecular weight excluding hydrogens is 204 g/mol. The molecule has 1 unspecified atom stereocenters. The van der Waals surface area contributed by atoms with Crippen molar-refractivity contribution in [3.63, 3.8) is 0 Å². The molecule has 0 saturated heterocycles. The number of phenolic OH excluding ortho intramolecular Hbond substituents is 1. The van der Waals surface area contributed by atoms with Gasteiger partial charge in [-0.05, 0) is 42.5 Å². The summed E-state index contributed by atoms with van der Waals surface area (Å²) in [5.74, 6) is 0.0228. The van der Waals surface area contributed by atoms with E-state index in [0.717, 1.165) is 30.2 Å². The molecule has 1 aliphatic rings. The first-order valence-electron chi connectivity index (χ1n) is 5.22. The summed E-state index contributed by atoms with van der Waals surface area (Å²) in [6.07, 6.45) is 3.14. The van der Waals surface area contributed by atoms with Crippen molar-refractivity contribution in [2.24, 2.45) is 5.92 Å². The Morgan fingerprint density at radius 1 is 1.50 bits per heavy atom. The summed E-state index contributed by atoms with van der Waals surface area (Å²) in [4.78, 5) is 14.3. The van der Waals surface area contributed by atoms with Gasteiger partial charge in [0.1, 0.15) is 5.75 Å². The van der Waals surface area contributed by atoms with Gasteiger partial charge in [-0.2, -0.15) is 4.79 Å². The van der Waals surface area contributed by atoms with E-state index >= 15 is 0 Å². The maximum atomic E-state index is 11.5. The monoisotopic (exact) mass is 216 g/mol. The maximum Gasteiger partial charge on any atom is 0.323 e. The summed E-state index contributed by atoms with van der Waals surface area (Å²) in [6.45, 7) is 0. The minimum Gasteiger partial charge on any atom is -0.508 e. The number of phenols is 1. The Morgan fingerprint density at radius 2 is 2.31 bits per heavy atom. The predicted molar refractivity (Wildman–Crippen MR) is 58.3 cm³/mol. The molecular formula is C12H12N2O2. The topological polar surface area (TPSA) is 73.7 Å². The van der Waals surface area contributed by atoms with Crippen molar-refractivity contribution in [1.82, 2.24) is 0 Å². The molecule has 1 N–H and O–H groups in total. The van der Waals surface area contributed by atoms with Gasteiger partial charge in [0, 0.05) is 5.92 Å². The van der Waals surface area contributed by atoms with Crippen molar-refractivity contribution in [3.05, 3.63) is 34.9 Å². The second-order valence-electron chi connectivity index (χ2n) is 4.04. The summed E-state index contributed by atoms with van der Waals surface area (Å²) in [6, 6.07) is 5.22. The third-order valence-corrected chi connectivity index (χ3v) is 3.01. The van der Waals surface area contributed by atoms with Crippen molar-refractivity contribution in [1.29, 1.82) is 0 Å². The number of carbonyl (C=O) groups excluding carboxylic acids is 1. The zero-order valence-electron chi connectivity index (χ0n) is 8.76. The van der Waals surface area contributed by atoms with Gasteiger partial charge in [0.25, 0.3) is 0 Å². The highest BCUT2D eigenvalue weighted by molar-refractivity contribution is 6.26. The highest BCUT2D eigenvalue weighted by Gasteiger charge is 2.25. The first kappa shape index (κ1) is 10.6. The Bertz CT molecular complexity index is 476. The van der Waals surface area contributed by atoms with E-state index in [1.807, 2.05) is 6.07 Å². The van der Waals surface area contributed by atoms with E-state index < -0.39 is 0 Å². The van der Waals surface area contributed by atoms with Gasteiger partial charge < -0.3 is 10.6 Å². The number of ketones is 1. The normalized spacial score (nSPS) is 18.4. The lowest BCUT2D eigenvalue weighted by molar-refractivity contribution is -0.119. The molecule has 0 aliphatic heterocycles. The molecule has 0 amide bonds. The van der Waals surface area contributed by atoms with Crippen LogP contribution in [0.2, 0.25) is 0 Å². The molecule has 82 valence electrons. The molecule has 0 spiro atoms. The lowest BCUT2D eigenvalue weighted by atomic mass is 9.82. The van der Waals surface area contributed by atoms with Crippen molar-refractivity contribution in [2.45, 2.75) is 19.3 Å². The van der Waals surface area contributed by atoms with Gasteiger partial charge >= 0.3 is 6.21 Å². The van der Waals surface area contributed by atoms with Crippen molar-refractivity contribution in [3.8, 4) is 5.75 Å². The first-order chi connectivity index (χ1) is 7.70. The summed E-state index contributed by atoms with van der Waals surface area (Å²) < 4.78 is 0. The van der Waals surface area contributed by atoms with Crippen LogP contribution in [0.15, 0.2) is 18.2 Å². The number of benzene rings is 1. The van der Waals surface area contributed by atoms with Gasteiger partial charge in [-0.3, -0.25) is 4.79 Å². The SMILES string of the molecule is [N-]=[N+]=CC(=O)C1CCc2cc(O)ccc2C1. The molecule has 0 fully saturated rings. The van der Waals surface area contributed by atoms with Gasteiger partial charge in [0.05, 0.1) is 0 Å². The molecule has 0 saturated carbocycles. The minimum absolute atomic E-state index is 0.104. The Kier molecular flexibility index (Phi) is 2.84. The molecule has 2 rings (SSSR count). The predicted octanol–water partition coefficient (Wildman–Crippen LogP) is 1.37. The summed E-state index contributed by atoms with van der Waals surface area (Å²) in [7, 11) is 0. The lowest BCUT2D eigenvalue weighted by Gasteiger charge is -2.21. The van der Waals surface area contributed by atoms with Crippen LogP contribution in [-0.2, 0) is 17.6 Å². The van der Waals surface area contributed by atoms with Crippen LogP contribution in [0.4, 0.5) is 0 Å². The van der Waals surface area contributed by atoms with Gasteiger partial charge in [-0.25, -0.2) is 0 Å². The largest absolute Gasteiger partial charge is 0.508 e. The third kappa shape index (κ3) is 2.02. The number of fused-ring (bicyclic) bond motifs is 1. The number of aryl methyl sites for hydroxylation is 1. The highest BCUT2D eigenvalue weighted by atomic mass is 16.3. The molecule has 4 heteroatoms. The van der Waals surface area contributed by atoms with E-state index in [1.54, 1.807) is 12.1 Å². The second-order valence-corrected chi connectivity index (χ2v) is 4.04. The van der Waals surface area contributed by atoms with E-state index in [9.17, 15) is 9.90 Å². The average Bonchev–Trinajstić information content (AvgIpc) is 2.28. The minimum atomic E-state index is -0.138. The fourth-order valence-electron chi connectivity index (χ4n) is 2.15. The maximum absolute atomic E-state index is 11.5. The molecule has 0 heterocycles. The van der Waals surface area contributed by atoms with Crippen molar-refractivity contribution >= 4 is 12.0 Å². The fourth-order valence-corrected chi connectivity index (χ4v) is 2.15. The van der Waals surface area contributed by atoms with Gasteiger partial charge in [-0.1, -0.05) is 6.07 Å². The molecule has 1 aliphatic carbocycles. The Labute approximate surface area is 93.2 Å². The number of hydrogen-bond donors (Lipinski definition) is 1. The zero-order valence-corrected chi connectivity index (χ0v) is 8.76. The number of nitrogens with zero attached hydrogens (tertiary/aromatic N) is 2. The number of carbonyl (C=O) groups is 1. The molecule has 1 aromatic carbocycles. The van der Waals surface area contributed by atoms with Gasteiger partial charge in [-0.15, -0.1) is 0 Å². The number of Topliss-reactive ketones (excluding diaryl/α,β-unsaturated/α-hetero) is 1. The van der Waals surface area contributed by atoms with Crippen LogP contribution in [0.5, 0.6) is 5.75 Å². The van der Waals surface area contributed by atoms with Gasteiger partial charge in [0.15, 0.2) is 0 Å². The number of aromatic hydroxyl groups is 1. The third-order valence-electron chi connectivity index (χ3n) is 3.01. The van der Waals surface area contributed by atoms with Crippen molar-refractivity contribution in [2.75, 3.05) is 0 Å². The summed E-state index contributed by atoms with van der Waals surface area (Å²) in [5.41, 5.74) is 10.5. The fraction of sp³-hybridized carbons (Fsp3) is 0.333. The van der Waals surface area contributed by atoms with E-state index in [2.05, 4.69) is 4.79 Å². The Balaban J connectivity index is 2.21. The molecule has 0 aromatic heterocycles. The molecule has 0 radical (unpaired) electrons. The highest BCUT2D eigenvalue weighted by Crippen LogP contribution is 2.28. The van der Waals surface area contributed by atoms with Crippen LogP contribution in [0.25, 0.3) is 5.53 Å². The van der Waals surface area contributed by atoms with E-state index in [4.69, 9.17) is 5.53 Å². The Hall–Kier alpha value is -1.93. The number of hydrogen-bond acceptors (Lipinski definition) is 2.